The van der Waals surface area contributed by atoms with Crippen LogP contribution in [0.15, 0.2) is 36.5 Å². The van der Waals surface area contributed by atoms with Gasteiger partial charge in [-0.25, -0.2) is 0 Å². The van der Waals surface area contributed by atoms with Gasteiger partial charge in [0.2, 0.25) is 0 Å². The molecule has 1 aliphatic rings. The number of ether oxygens (including phenoxy) is 12. The first-order valence-corrected chi connectivity index (χ1v) is 19.7. The Morgan fingerprint density at radius 2 is 0.929 bits per heavy atom. The second-order valence-corrected chi connectivity index (χ2v) is 10.8. The Balaban J connectivity index is -0.0000000751. The molecular weight excluding hydrogens is 792 g/mol. The maximum Gasteiger partial charge on any atom is 2.00 e. The summed E-state index contributed by atoms with van der Waals surface area (Å²) in [6.07, 6.45) is 21.4. The van der Waals surface area contributed by atoms with Crippen LogP contribution in [-0.2, 0) is 56.8 Å². The van der Waals surface area contributed by atoms with Gasteiger partial charge in [0, 0.05) is 79.9 Å². The Labute approximate surface area is 389 Å². The van der Waals surface area contributed by atoms with Crippen LogP contribution in [0.25, 0.3) is 0 Å². The molecule has 0 saturated carbocycles. The summed E-state index contributed by atoms with van der Waals surface area (Å²) in [5.74, 6) is 0.690. The predicted molar refractivity (Wildman–Crippen MR) is 229 cm³/mol. The fourth-order valence-corrected chi connectivity index (χ4v) is 3.66. The average molecular weight is 875 g/mol. The molecule has 16 heteroatoms. The van der Waals surface area contributed by atoms with Gasteiger partial charge in [0.1, 0.15) is 20.4 Å². The normalized spacial score (nSPS) is 11.8. The van der Waals surface area contributed by atoms with Crippen molar-refractivity contribution in [3.8, 4) is 0 Å². The van der Waals surface area contributed by atoms with Crippen molar-refractivity contribution in [1.82, 2.24) is 0 Å². The first-order valence-electron chi connectivity index (χ1n) is 19.2. The number of methoxy groups -OCH3 is 3. The van der Waals surface area contributed by atoms with Crippen molar-refractivity contribution < 1.29 is 72.1 Å². The van der Waals surface area contributed by atoms with E-state index in [1.54, 1.807) is 21.3 Å². The van der Waals surface area contributed by atoms with E-state index in [0.29, 0.717) is 72.5 Å². The summed E-state index contributed by atoms with van der Waals surface area (Å²) in [6.45, 7) is 21.4. The van der Waals surface area contributed by atoms with Gasteiger partial charge in [0.15, 0.2) is 6.29 Å². The van der Waals surface area contributed by atoms with Crippen LogP contribution in [0.4, 0.5) is 0 Å². The fourth-order valence-electron chi connectivity index (χ4n) is 3.53. The number of hydrogen-bond acceptors (Lipinski definition) is 12. The van der Waals surface area contributed by atoms with Crippen molar-refractivity contribution in [2.75, 3.05) is 114 Å². The molecule has 1 rings (SSSR count). The standard InChI is InChI=1S/C13H26O4.C8H15ClO2.C8H15O2.C7H16O3.C4H8O.ClH.2Mg.2H/c1-4-16-13(17-5-2)10-8-6-7-9-11-15-12-14-3;1-10-8-11-7-5-3-2-4-6-9;1-3-4-5-6-7-10-8-9-2;1-4-8-7(9-5-2)10-6-3;1-2-4-5-3-1;;;;;/h6-7,13H,4-5,8-12H2,1-3H3;2-3H,4-8H2,1H3;4-5H,1,3,6-8H2,2H3;7H,4-6H2,1-3H3;1-4H2;1H;;;;/q;;-1;;;;2*+2;2*-1/p-1/b7-6-;3-2-;5-4-;;;;;;;. The Morgan fingerprint density at radius 1 is 0.571 bits per heavy atom. The predicted octanol–water partition coefficient (Wildman–Crippen LogP) is 5.34. The molecule has 1 heterocycles. The van der Waals surface area contributed by atoms with Gasteiger partial charge in [-0.15, -0.1) is 17.7 Å². The van der Waals surface area contributed by atoms with Gasteiger partial charge >= 0.3 is 46.1 Å². The molecule has 0 aliphatic carbocycles. The molecule has 0 aromatic carbocycles. The van der Waals surface area contributed by atoms with Crippen LogP contribution in [0, 0.1) is 6.92 Å². The number of allylic oxidation sites excluding steroid dienone is 3. The molecule has 1 aliphatic heterocycles. The second kappa shape index (κ2) is 73.4. The molecule has 56 heavy (non-hydrogen) atoms. The average Bonchev–Trinajstić information content (AvgIpc) is 3.76. The number of alkyl halides is 1. The van der Waals surface area contributed by atoms with E-state index in [-0.39, 0.29) is 67.7 Å². The molecule has 12 nitrogen and oxygen atoms in total. The zero-order valence-corrected chi connectivity index (χ0v) is 41.0. The van der Waals surface area contributed by atoms with Crippen LogP contribution in [0.3, 0.4) is 0 Å². The molecule has 0 atom stereocenters. The summed E-state index contributed by atoms with van der Waals surface area (Å²) in [5.41, 5.74) is 0. The molecule has 0 radical (unpaired) electrons. The Hall–Kier alpha value is 0.852. The molecule has 0 amide bonds. The minimum atomic E-state index is -0.472. The third-order valence-corrected chi connectivity index (χ3v) is 6.06. The molecule has 0 bridgehead atoms. The van der Waals surface area contributed by atoms with E-state index >= 15 is 0 Å². The molecule has 1 saturated heterocycles. The molecule has 0 aromatic heterocycles. The van der Waals surface area contributed by atoms with Gasteiger partial charge in [-0.1, -0.05) is 30.4 Å². The van der Waals surface area contributed by atoms with Crippen molar-refractivity contribution in [3.05, 3.63) is 43.4 Å². The summed E-state index contributed by atoms with van der Waals surface area (Å²) >= 11 is 5.46. The van der Waals surface area contributed by atoms with Crippen LogP contribution >= 0.6 is 11.6 Å². The third-order valence-electron chi connectivity index (χ3n) is 5.84. The van der Waals surface area contributed by atoms with Crippen molar-refractivity contribution in [2.24, 2.45) is 0 Å². The van der Waals surface area contributed by atoms with Gasteiger partial charge in [-0.2, -0.15) is 6.42 Å². The minimum absolute atomic E-state index is 0. The topological polar surface area (TPSA) is 111 Å². The summed E-state index contributed by atoms with van der Waals surface area (Å²) in [4.78, 5) is 0. The summed E-state index contributed by atoms with van der Waals surface area (Å²) in [6, 6.07) is 0. The maximum atomic E-state index is 5.46. The second-order valence-electron chi connectivity index (χ2n) is 10.4. The summed E-state index contributed by atoms with van der Waals surface area (Å²) < 4.78 is 60.5. The molecule has 0 spiro atoms. The van der Waals surface area contributed by atoms with E-state index in [2.05, 4.69) is 42.0 Å². The van der Waals surface area contributed by atoms with E-state index in [1.165, 1.54) is 12.8 Å². The van der Waals surface area contributed by atoms with Crippen LogP contribution in [0.5, 0.6) is 0 Å². The van der Waals surface area contributed by atoms with E-state index in [9.17, 15) is 0 Å². The third kappa shape index (κ3) is 75.7. The van der Waals surface area contributed by atoms with E-state index < -0.39 is 6.48 Å². The van der Waals surface area contributed by atoms with Crippen molar-refractivity contribution in [3.63, 3.8) is 0 Å². The van der Waals surface area contributed by atoms with Gasteiger partial charge in [-0.05, 0) is 79.6 Å². The van der Waals surface area contributed by atoms with Crippen LogP contribution in [0.1, 0.15) is 95.3 Å². The van der Waals surface area contributed by atoms with Crippen molar-refractivity contribution >= 4 is 57.7 Å². The Bertz CT molecular complexity index is 684. The molecule has 332 valence electrons. The number of rotatable bonds is 31. The van der Waals surface area contributed by atoms with Crippen LogP contribution < -0.4 is 12.4 Å². The fraction of sp³-hybridized carbons (Fsp3) is 0.825. The quantitative estimate of drug-likeness (QED) is 0.0224. The molecule has 0 unspecified atom stereocenters. The smallest absolute Gasteiger partial charge is 1.00 e. The first kappa shape index (κ1) is 71.4. The minimum Gasteiger partial charge on any atom is -1.00 e. The van der Waals surface area contributed by atoms with E-state index in [1.807, 2.05) is 40.7 Å². The van der Waals surface area contributed by atoms with Gasteiger partial charge < -0.3 is 79.0 Å². The van der Waals surface area contributed by atoms with Gasteiger partial charge in [0.05, 0.1) is 19.8 Å². The largest absolute Gasteiger partial charge is 2.00 e. The molecule has 1 fully saturated rings. The summed E-state index contributed by atoms with van der Waals surface area (Å²) in [5, 5.41) is 0. The molecular formula is C40H82Cl2Mg2O12. The Kier molecular flexibility index (Phi) is 93.5. The first-order chi connectivity index (χ1) is 26.0. The summed E-state index contributed by atoms with van der Waals surface area (Å²) in [7, 11) is 4.85. The van der Waals surface area contributed by atoms with Crippen LogP contribution in [0.2, 0.25) is 0 Å². The van der Waals surface area contributed by atoms with Crippen molar-refractivity contribution in [1.29, 1.82) is 0 Å². The Morgan fingerprint density at radius 3 is 1.23 bits per heavy atom. The monoisotopic (exact) mass is 872 g/mol. The van der Waals surface area contributed by atoms with E-state index in [4.69, 9.17) is 63.7 Å². The van der Waals surface area contributed by atoms with Gasteiger partial charge in [0.25, 0.3) is 6.48 Å². The number of hydrogen-bond donors (Lipinski definition) is 0. The van der Waals surface area contributed by atoms with Gasteiger partial charge in [-0.3, -0.25) is 0 Å². The zero-order valence-electron chi connectivity index (χ0n) is 38.7. The molecule has 0 aromatic rings. The maximum absolute atomic E-state index is 5.46. The van der Waals surface area contributed by atoms with E-state index in [0.717, 1.165) is 64.8 Å². The van der Waals surface area contributed by atoms with Crippen molar-refractivity contribution in [2.45, 2.75) is 105 Å². The molecule has 0 N–H and O–H groups in total. The van der Waals surface area contributed by atoms with Crippen LogP contribution in [-0.4, -0.2) is 173 Å². The number of halogens is 2. The SMILES string of the molecule is C1CCOC1.CCOC(CC/C=C\CCOCOC)OCC.CCOC(OCC)OCC.COCOCC/C=C\CCCl.[CH2-]C/C=C\CCOCOC.[Cl-].[H-].[H-].[Mg+2].[Mg+2]. The zero-order chi connectivity index (χ0) is 40.1.